The summed E-state index contributed by atoms with van der Waals surface area (Å²) in [4.78, 5) is 29.4. The molecule has 1 unspecified atom stereocenters. The number of rotatable bonds is 6. The lowest BCUT2D eigenvalue weighted by atomic mass is 9.84. The normalized spacial score (nSPS) is 17.4. The van der Waals surface area contributed by atoms with Gasteiger partial charge < -0.3 is 19.3 Å². The third-order valence-electron chi connectivity index (χ3n) is 3.84. The van der Waals surface area contributed by atoms with Crippen molar-refractivity contribution in [1.29, 1.82) is 0 Å². The molecule has 0 saturated heterocycles. The molecule has 1 heterocycles. The molecule has 0 fully saturated rings. The molecule has 8 nitrogen and oxygen atoms in total. The zero-order valence-corrected chi connectivity index (χ0v) is 12.8. The van der Waals surface area contributed by atoms with E-state index in [0.717, 1.165) is 0 Å². The highest BCUT2D eigenvalue weighted by atomic mass is 16.5. The van der Waals surface area contributed by atoms with Gasteiger partial charge in [0.1, 0.15) is 6.10 Å². The average molecular weight is 309 g/mol. The molecule has 0 spiro atoms. The van der Waals surface area contributed by atoms with Gasteiger partial charge in [0.15, 0.2) is 11.2 Å². The first-order valence-corrected chi connectivity index (χ1v) is 6.90. The van der Waals surface area contributed by atoms with Crippen molar-refractivity contribution < 1.29 is 24.0 Å². The lowest BCUT2D eigenvalue weighted by Gasteiger charge is -2.27. The van der Waals surface area contributed by atoms with Gasteiger partial charge in [0.2, 0.25) is 11.8 Å². The van der Waals surface area contributed by atoms with Gasteiger partial charge >= 0.3 is 5.97 Å². The van der Waals surface area contributed by atoms with Gasteiger partial charge in [-0.1, -0.05) is 17.3 Å². The van der Waals surface area contributed by atoms with Crippen molar-refractivity contribution in [2.24, 2.45) is 5.41 Å². The zero-order valence-electron chi connectivity index (χ0n) is 12.8. The molecule has 0 radical (unpaired) electrons. The number of amides is 1. The molecule has 8 heteroatoms. The monoisotopic (exact) mass is 309 g/mol. The van der Waals surface area contributed by atoms with Crippen molar-refractivity contribution >= 4 is 11.9 Å². The van der Waals surface area contributed by atoms with E-state index in [1.165, 1.54) is 19.1 Å². The molecule has 0 aliphatic heterocycles. The van der Waals surface area contributed by atoms with Crippen LogP contribution in [-0.4, -0.2) is 46.2 Å². The Hall–Kier alpha value is -2.22. The second-order valence-corrected chi connectivity index (χ2v) is 5.35. The standard InChI is InChI=1S/C14H19N3O5/c1-9(21-3)11-15-10(22-16-11)8-17(2)12(18)14(13(19)20)6-4-5-7-14/h4-5,9H,6-8H2,1-3H3,(H,19,20). The minimum absolute atomic E-state index is 0.0529. The van der Waals surface area contributed by atoms with Crippen LogP contribution in [0.2, 0.25) is 0 Å². The number of aromatic nitrogens is 2. The van der Waals surface area contributed by atoms with Crippen LogP contribution in [0.25, 0.3) is 0 Å². The molecule has 0 aromatic carbocycles. The predicted molar refractivity (Wildman–Crippen MR) is 74.6 cm³/mol. The van der Waals surface area contributed by atoms with E-state index in [9.17, 15) is 14.7 Å². The molecule has 1 aliphatic rings. The summed E-state index contributed by atoms with van der Waals surface area (Å²) in [6.07, 6.45) is 3.50. The average Bonchev–Trinajstić information content (AvgIpc) is 3.15. The third-order valence-corrected chi connectivity index (χ3v) is 3.84. The number of aliphatic carboxylic acids is 1. The summed E-state index contributed by atoms with van der Waals surface area (Å²) in [5.41, 5.74) is -1.42. The van der Waals surface area contributed by atoms with Crippen LogP contribution >= 0.6 is 0 Å². The van der Waals surface area contributed by atoms with Gasteiger partial charge in [-0.15, -0.1) is 0 Å². The second-order valence-electron chi connectivity index (χ2n) is 5.35. The minimum Gasteiger partial charge on any atom is -0.480 e. The topological polar surface area (TPSA) is 106 Å². The molecule has 1 amide bonds. The maximum atomic E-state index is 12.5. The first-order valence-electron chi connectivity index (χ1n) is 6.90. The summed E-state index contributed by atoms with van der Waals surface area (Å²) in [6, 6.07) is 0. The van der Waals surface area contributed by atoms with Crippen LogP contribution in [0.4, 0.5) is 0 Å². The van der Waals surface area contributed by atoms with Gasteiger partial charge in [0, 0.05) is 14.2 Å². The van der Waals surface area contributed by atoms with Crippen molar-refractivity contribution in [3.8, 4) is 0 Å². The van der Waals surface area contributed by atoms with Crippen LogP contribution in [0.1, 0.15) is 37.6 Å². The molecule has 1 aromatic rings. The van der Waals surface area contributed by atoms with Gasteiger partial charge in [-0.05, 0) is 19.8 Å². The number of ether oxygens (including phenoxy) is 1. The molecule has 2 rings (SSSR count). The van der Waals surface area contributed by atoms with Crippen molar-refractivity contribution in [3.63, 3.8) is 0 Å². The van der Waals surface area contributed by atoms with E-state index in [0.29, 0.717) is 5.82 Å². The number of hydrogen-bond donors (Lipinski definition) is 1. The number of methoxy groups -OCH3 is 1. The van der Waals surface area contributed by atoms with Gasteiger partial charge in [0.05, 0.1) is 6.54 Å². The van der Waals surface area contributed by atoms with E-state index < -0.39 is 17.3 Å². The smallest absolute Gasteiger partial charge is 0.319 e. The number of carbonyl (C=O) groups is 2. The molecule has 1 N–H and O–H groups in total. The largest absolute Gasteiger partial charge is 0.480 e. The first-order chi connectivity index (χ1) is 10.4. The minimum atomic E-state index is -1.42. The maximum Gasteiger partial charge on any atom is 0.319 e. The molecule has 22 heavy (non-hydrogen) atoms. The first kappa shape index (κ1) is 16.2. The summed E-state index contributed by atoms with van der Waals surface area (Å²) >= 11 is 0. The van der Waals surface area contributed by atoms with Crippen LogP contribution in [0.5, 0.6) is 0 Å². The number of nitrogens with zero attached hydrogens (tertiary/aromatic N) is 3. The number of hydrogen-bond acceptors (Lipinski definition) is 6. The molecular weight excluding hydrogens is 290 g/mol. The summed E-state index contributed by atoms with van der Waals surface area (Å²) in [7, 11) is 3.05. The SMILES string of the molecule is COC(C)c1noc(CN(C)C(=O)C2(C(=O)O)CC=CC2)n1. The number of allylic oxidation sites excluding steroid dienone is 2. The van der Waals surface area contributed by atoms with Crippen LogP contribution in [-0.2, 0) is 20.9 Å². The Labute approximate surface area is 127 Å². The van der Waals surface area contributed by atoms with E-state index in [1.807, 2.05) is 0 Å². The predicted octanol–water partition coefficient (Wildman–Crippen LogP) is 1.16. The lowest BCUT2D eigenvalue weighted by Crippen LogP contribution is -2.45. The van der Waals surface area contributed by atoms with E-state index in [4.69, 9.17) is 9.26 Å². The van der Waals surface area contributed by atoms with Crippen LogP contribution < -0.4 is 0 Å². The summed E-state index contributed by atoms with van der Waals surface area (Å²) in [6.45, 7) is 1.82. The van der Waals surface area contributed by atoms with Crippen LogP contribution in [0.3, 0.4) is 0 Å². The second kappa shape index (κ2) is 6.27. The summed E-state index contributed by atoms with van der Waals surface area (Å²) < 4.78 is 10.1. The van der Waals surface area contributed by atoms with Crippen molar-refractivity contribution in [2.75, 3.05) is 14.2 Å². The Morgan fingerprint density at radius 2 is 2.14 bits per heavy atom. The maximum absolute atomic E-state index is 12.5. The highest BCUT2D eigenvalue weighted by Gasteiger charge is 2.48. The summed E-state index contributed by atoms with van der Waals surface area (Å²) in [5, 5.41) is 13.2. The molecule has 120 valence electrons. The molecule has 1 atom stereocenters. The molecule has 0 saturated carbocycles. The van der Waals surface area contributed by atoms with Gasteiger partial charge in [0.25, 0.3) is 0 Å². The zero-order chi connectivity index (χ0) is 16.3. The van der Waals surface area contributed by atoms with Crippen LogP contribution in [0.15, 0.2) is 16.7 Å². The third kappa shape index (κ3) is 2.87. The Kier molecular flexibility index (Phi) is 4.60. The molecule has 0 bridgehead atoms. The van der Waals surface area contributed by atoms with Gasteiger partial charge in [-0.2, -0.15) is 4.98 Å². The number of carboxylic acid groups (broad SMARTS) is 1. The van der Waals surface area contributed by atoms with E-state index >= 15 is 0 Å². The highest BCUT2D eigenvalue weighted by Crippen LogP contribution is 2.35. The Morgan fingerprint density at radius 3 is 2.68 bits per heavy atom. The van der Waals surface area contributed by atoms with Crippen molar-refractivity contribution in [1.82, 2.24) is 15.0 Å². The fraction of sp³-hybridized carbons (Fsp3) is 0.571. The van der Waals surface area contributed by atoms with E-state index in [2.05, 4.69) is 10.1 Å². The van der Waals surface area contributed by atoms with Gasteiger partial charge in [-0.25, -0.2) is 0 Å². The number of carbonyl (C=O) groups excluding carboxylic acids is 1. The fourth-order valence-corrected chi connectivity index (χ4v) is 2.34. The number of carboxylic acids is 1. The highest BCUT2D eigenvalue weighted by molar-refractivity contribution is 6.02. The van der Waals surface area contributed by atoms with Crippen molar-refractivity contribution in [2.45, 2.75) is 32.4 Å². The fourth-order valence-electron chi connectivity index (χ4n) is 2.34. The quantitative estimate of drug-likeness (QED) is 0.620. The van der Waals surface area contributed by atoms with E-state index in [-0.39, 0.29) is 31.4 Å². The van der Waals surface area contributed by atoms with Gasteiger partial charge in [-0.3, -0.25) is 9.59 Å². The van der Waals surface area contributed by atoms with Crippen molar-refractivity contribution in [3.05, 3.63) is 23.9 Å². The van der Waals surface area contributed by atoms with E-state index in [1.54, 1.807) is 19.1 Å². The lowest BCUT2D eigenvalue weighted by molar-refractivity contribution is -0.159. The Morgan fingerprint density at radius 1 is 1.50 bits per heavy atom. The Bertz CT molecular complexity index is 587. The van der Waals surface area contributed by atoms with Crippen LogP contribution in [0, 0.1) is 5.41 Å². The molecule has 1 aliphatic carbocycles. The summed E-state index contributed by atoms with van der Waals surface area (Å²) in [5.74, 6) is -0.965. The molecular formula is C14H19N3O5. The molecule has 1 aromatic heterocycles. The Balaban J connectivity index is 2.08.